The van der Waals surface area contributed by atoms with Crippen molar-refractivity contribution in [2.24, 2.45) is 0 Å². The summed E-state index contributed by atoms with van der Waals surface area (Å²) in [5.41, 5.74) is 3.59. The van der Waals surface area contributed by atoms with Gasteiger partial charge >= 0.3 is 0 Å². The molecule has 0 saturated heterocycles. The van der Waals surface area contributed by atoms with Gasteiger partial charge in [0.2, 0.25) is 0 Å². The molecule has 0 bridgehead atoms. The Balaban J connectivity index is 2.05. The first-order valence-electron chi connectivity index (χ1n) is 8.64. The number of likely N-dealkylation sites (N-methyl/N-ethyl adjacent to an activating group) is 1. The summed E-state index contributed by atoms with van der Waals surface area (Å²) in [4.78, 5) is 13.2. The molecule has 1 heterocycles. The molecule has 0 amide bonds. The number of benzene rings is 2. The molecular weight excluding hydrogens is 312 g/mol. The molecule has 3 aromatic rings. The highest BCUT2D eigenvalue weighted by atomic mass is 16.5. The topological polar surface area (TPSA) is 43.3 Å². The van der Waals surface area contributed by atoms with Crippen LogP contribution in [0.3, 0.4) is 0 Å². The minimum absolute atomic E-state index is 0.0542. The molecule has 4 heteroatoms. The van der Waals surface area contributed by atoms with Crippen LogP contribution in [0.4, 0.5) is 0 Å². The maximum absolute atomic E-state index is 13.2. The standard InChI is InChI=1S/C21H24N2O2/c1-4-22-13-14-23-15(2)20(18-7-5-6-8-19(18)23)21(24)16-9-11-17(25-3)12-10-16/h5-12,22H,4,13-14H2,1-3H3. The quantitative estimate of drug-likeness (QED) is 0.527. The molecule has 0 unspecified atom stereocenters. The average Bonchev–Trinajstić information content (AvgIpc) is 2.93. The van der Waals surface area contributed by atoms with E-state index in [0.717, 1.165) is 47.5 Å². The van der Waals surface area contributed by atoms with Crippen molar-refractivity contribution in [1.82, 2.24) is 9.88 Å². The molecule has 0 aliphatic carbocycles. The lowest BCUT2D eigenvalue weighted by Crippen LogP contribution is -2.20. The Kier molecular flexibility index (Phi) is 5.19. The van der Waals surface area contributed by atoms with Crippen LogP contribution in [0.2, 0.25) is 0 Å². The number of rotatable bonds is 7. The SMILES string of the molecule is CCNCCn1c(C)c(C(=O)c2ccc(OC)cc2)c2ccccc21. The Morgan fingerprint density at radius 2 is 1.84 bits per heavy atom. The second kappa shape index (κ2) is 7.53. The minimum atomic E-state index is 0.0542. The Labute approximate surface area is 148 Å². The van der Waals surface area contributed by atoms with Gasteiger partial charge in [0.25, 0.3) is 0 Å². The van der Waals surface area contributed by atoms with Gasteiger partial charge in [-0.05, 0) is 43.8 Å². The number of ether oxygens (including phenoxy) is 1. The van der Waals surface area contributed by atoms with E-state index >= 15 is 0 Å². The van der Waals surface area contributed by atoms with E-state index in [1.807, 2.05) is 49.4 Å². The molecule has 0 aliphatic heterocycles. The summed E-state index contributed by atoms with van der Waals surface area (Å²) in [7, 11) is 1.62. The van der Waals surface area contributed by atoms with Crippen molar-refractivity contribution < 1.29 is 9.53 Å². The third kappa shape index (κ3) is 3.30. The van der Waals surface area contributed by atoms with E-state index in [2.05, 4.69) is 22.9 Å². The normalized spacial score (nSPS) is 11.0. The number of ketones is 1. The summed E-state index contributed by atoms with van der Waals surface area (Å²) in [6, 6.07) is 15.4. The first kappa shape index (κ1) is 17.2. The number of carbonyl (C=O) groups excluding carboxylic acids is 1. The summed E-state index contributed by atoms with van der Waals surface area (Å²) >= 11 is 0. The summed E-state index contributed by atoms with van der Waals surface area (Å²) < 4.78 is 7.42. The number of fused-ring (bicyclic) bond motifs is 1. The van der Waals surface area contributed by atoms with Gasteiger partial charge in [-0.3, -0.25) is 4.79 Å². The molecule has 0 aliphatic rings. The smallest absolute Gasteiger partial charge is 0.195 e. The maximum atomic E-state index is 13.2. The van der Waals surface area contributed by atoms with Crippen molar-refractivity contribution in [2.75, 3.05) is 20.2 Å². The summed E-state index contributed by atoms with van der Waals surface area (Å²) in [5.74, 6) is 0.805. The fraction of sp³-hybridized carbons (Fsp3) is 0.286. The van der Waals surface area contributed by atoms with Crippen LogP contribution in [0.1, 0.15) is 28.5 Å². The zero-order valence-electron chi connectivity index (χ0n) is 15.0. The monoisotopic (exact) mass is 336 g/mol. The number of hydrogen-bond acceptors (Lipinski definition) is 3. The molecule has 0 saturated carbocycles. The number of nitrogens with one attached hydrogen (secondary N) is 1. The van der Waals surface area contributed by atoms with Crippen LogP contribution in [-0.2, 0) is 6.54 Å². The molecule has 130 valence electrons. The molecule has 0 fully saturated rings. The van der Waals surface area contributed by atoms with Gasteiger partial charge in [-0.2, -0.15) is 0 Å². The third-order valence-electron chi connectivity index (χ3n) is 4.57. The van der Waals surface area contributed by atoms with E-state index in [1.165, 1.54) is 0 Å². The third-order valence-corrected chi connectivity index (χ3v) is 4.57. The van der Waals surface area contributed by atoms with Crippen LogP contribution >= 0.6 is 0 Å². The predicted octanol–water partition coefficient (Wildman–Crippen LogP) is 3.80. The van der Waals surface area contributed by atoms with Crippen LogP contribution in [-0.4, -0.2) is 30.5 Å². The molecule has 2 aromatic carbocycles. The van der Waals surface area contributed by atoms with E-state index in [9.17, 15) is 4.79 Å². The first-order valence-corrected chi connectivity index (χ1v) is 8.64. The van der Waals surface area contributed by atoms with Gasteiger partial charge in [0.15, 0.2) is 5.78 Å². The molecule has 1 aromatic heterocycles. The van der Waals surface area contributed by atoms with Gasteiger partial charge in [-0.15, -0.1) is 0 Å². The van der Waals surface area contributed by atoms with Crippen LogP contribution in [0.15, 0.2) is 48.5 Å². The highest BCUT2D eigenvalue weighted by Gasteiger charge is 2.20. The van der Waals surface area contributed by atoms with E-state index in [1.54, 1.807) is 7.11 Å². The minimum Gasteiger partial charge on any atom is -0.497 e. The Hall–Kier alpha value is -2.59. The highest BCUT2D eigenvalue weighted by molar-refractivity contribution is 6.17. The number of nitrogens with zero attached hydrogens (tertiary/aromatic N) is 1. The fourth-order valence-corrected chi connectivity index (χ4v) is 3.26. The number of aromatic nitrogens is 1. The fourth-order valence-electron chi connectivity index (χ4n) is 3.26. The second-order valence-corrected chi connectivity index (χ2v) is 6.04. The number of para-hydroxylation sites is 1. The molecular formula is C21H24N2O2. The Bertz CT molecular complexity index is 879. The van der Waals surface area contributed by atoms with Crippen LogP contribution < -0.4 is 10.1 Å². The summed E-state index contributed by atoms with van der Waals surface area (Å²) in [6.07, 6.45) is 0. The second-order valence-electron chi connectivity index (χ2n) is 6.04. The zero-order chi connectivity index (χ0) is 17.8. The van der Waals surface area contributed by atoms with Gasteiger partial charge < -0.3 is 14.6 Å². The first-order chi connectivity index (χ1) is 12.2. The van der Waals surface area contributed by atoms with Crippen molar-refractivity contribution in [3.05, 3.63) is 65.4 Å². The molecule has 1 N–H and O–H groups in total. The van der Waals surface area contributed by atoms with E-state index in [-0.39, 0.29) is 5.78 Å². The van der Waals surface area contributed by atoms with Crippen molar-refractivity contribution in [3.8, 4) is 5.75 Å². The van der Waals surface area contributed by atoms with E-state index < -0.39 is 0 Å². The Morgan fingerprint density at radius 3 is 2.52 bits per heavy atom. The lowest BCUT2D eigenvalue weighted by Gasteiger charge is -2.09. The maximum Gasteiger partial charge on any atom is 0.195 e. The van der Waals surface area contributed by atoms with Gasteiger partial charge in [0.05, 0.1) is 12.7 Å². The lowest BCUT2D eigenvalue weighted by atomic mass is 10.0. The van der Waals surface area contributed by atoms with Crippen LogP contribution in [0, 0.1) is 6.92 Å². The lowest BCUT2D eigenvalue weighted by molar-refractivity contribution is 0.103. The largest absolute Gasteiger partial charge is 0.497 e. The van der Waals surface area contributed by atoms with Crippen molar-refractivity contribution >= 4 is 16.7 Å². The predicted molar refractivity (Wildman–Crippen MR) is 102 cm³/mol. The molecule has 3 rings (SSSR count). The number of carbonyl (C=O) groups is 1. The summed E-state index contributed by atoms with van der Waals surface area (Å²) in [6.45, 7) is 6.79. The van der Waals surface area contributed by atoms with E-state index in [4.69, 9.17) is 4.74 Å². The van der Waals surface area contributed by atoms with Gasteiger partial charge in [-0.1, -0.05) is 25.1 Å². The van der Waals surface area contributed by atoms with Crippen LogP contribution in [0.25, 0.3) is 10.9 Å². The molecule has 0 atom stereocenters. The molecule has 25 heavy (non-hydrogen) atoms. The average molecular weight is 336 g/mol. The van der Waals surface area contributed by atoms with Crippen molar-refractivity contribution in [3.63, 3.8) is 0 Å². The van der Waals surface area contributed by atoms with Crippen LogP contribution in [0.5, 0.6) is 5.75 Å². The molecule has 4 nitrogen and oxygen atoms in total. The van der Waals surface area contributed by atoms with Crippen molar-refractivity contribution in [2.45, 2.75) is 20.4 Å². The summed E-state index contributed by atoms with van der Waals surface area (Å²) in [5, 5.41) is 4.36. The Morgan fingerprint density at radius 1 is 1.12 bits per heavy atom. The highest BCUT2D eigenvalue weighted by Crippen LogP contribution is 2.28. The number of hydrogen-bond donors (Lipinski definition) is 1. The van der Waals surface area contributed by atoms with Gasteiger partial charge in [0.1, 0.15) is 5.75 Å². The zero-order valence-corrected chi connectivity index (χ0v) is 15.0. The molecule has 0 spiro atoms. The number of methoxy groups -OCH3 is 1. The van der Waals surface area contributed by atoms with Gasteiger partial charge in [-0.25, -0.2) is 0 Å². The molecule has 0 radical (unpaired) electrons. The van der Waals surface area contributed by atoms with E-state index in [0.29, 0.717) is 5.56 Å². The van der Waals surface area contributed by atoms with Gasteiger partial charge in [0, 0.05) is 35.2 Å². The van der Waals surface area contributed by atoms with Crippen molar-refractivity contribution in [1.29, 1.82) is 0 Å².